The molecule has 0 fully saturated rings. The molecule has 0 amide bonds. The largest absolute Gasteiger partial charge is 0.494 e. The maximum Gasteiger partial charge on any atom is 0.339 e. The lowest BCUT2D eigenvalue weighted by Crippen LogP contribution is -1.95. The fourth-order valence-electron chi connectivity index (χ4n) is 1.61. The maximum atomic E-state index is 10.9. The quantitative estimate of drug-likeness (QED) is 0.803. The number of aromatic carboxylic acids is 1. The summed E-state index contributed by atoms with van der Waals surface area (Å²) >= 11 is 0. The van der Waals surface area contributed by atoms with E-state index in [9.17, 15) is 4.79 Å². The van der Waals surface area contributed by atoms with Crippen LogP contribution >= 0.6 is 0 Å². The van der Waals surface area contributed by atoms with Gasteiger partial charge in [0.2, 0.25) is 0 Å². The summed E-state index contributed by atoms with van der Waals surface area (Å²) in [6, 6.07) is 1.70. The fraction of sp³-hybridized carbons (Fsp3) is 0.200. The molecule has 0 saturated heterocycles. The van der Waals surface area contributed by atoms with Crippen molar-refractivity contribution in [3.05, 3.63) is 24.0 Å². The van der Waals surface area contributed by atoms with E-state index in [-0.39, 0.29) is 5.56 Å². The molecular formula is C10H10N2O3. The Balaban J connectivity index is 2.85. The lowest BCUT2D eigenvalue weighted by atomic mass is 10.2. The van der Waals surface area contributed by atoms with Gasteiger partial charge < -0.3 is 14.4 Å². The van der Waals surface area contributed by atoms with Gasteiger partial charge in [0, 0.05) is 25.5 Å². The number of hydrogen-bond acceptors (Lipinski definition) is 3. The molecule has 0 bridgehead atoms. The van der Waals surface area contributed by atoms with E-state index in [1.807, 2.05) is 0 Å². The van der Waals surface area contributed by atoms with Crippen LogP contribution in [0.2, 0.25) is 0 Å². The molecule has 0 aliphatic heterocycles. The van der Waals surface area contributed by atoms with E-state index in [4.69, 9.17) is 9.84 Å². The van der Waals surface area contributed by atoms with E-state index >= 15 is 0 Å². The zero-order valence-electron chi connectivity index (χ0n) is 8.39. The van der Waals surface area contributed by atoms with Gasteiger partial charge in [0.25, 0.3) is 0 Å². The summed E-state index contributed by atoms with van der Waals surface area (Å²) in [5.41, 5.74) is 1.33. The molecule has 0 spiro atoms. The van der Waals surface area contributed by atoms with E-state index in [2.05, 4.69) is 4.98 Å². The number of carboxylic acid groups (broad SMARTS) is 1. The van der Waals surface area contributed by atoms with Crippen LogP contribution in [0.25, 0.3) is 11.0 Å². The van der Waals surface area contributed by atoms with Crippen LogP contribution < -0.4 is 4.74 Å². The minimum atomic E-state index is -0.985. The first-order valence-electron chi connectivity index (χ1n) is 4.36. The zero-order valence-corrected chi connectivity index (χ0v) is 8.39. The molecule has 1 N–H and O–H groups in total. The van der Waals surface area contributed by atoms with Crippen LogP contribution in [0, 0.1) is 0 Å². The number of carboxylic acids is 1. The van der Waals surface area contributed by atoms with Crippen molar-refractivity contribution in [2.75, 3.05) is 7.11 Å². The van der Waals surface area contributed by atoms with Gasteiger partial charge in [0.05, 0.1) is 7.11 Å². The van der Waals surface area contributed by atoms with E-state index in [0.29, 0.717) is 16.8 Å². The molecule has 0 radical (unpaired) electrons. The minimum Gasteiger partial charge on any atom is -0.494 e. The molecule has 78 valence electrons. The van der Waals surface area contributed by atoms with Crippen LogP contribution in [-0.4, -0.2) is 27.7 Å². The normalized spacial score (nSPS) is 10.5. The van der Waals surface area contributed by atoms with E-state index < -0.39 is 5.97 Å². The molecular weight excluding hydrogens is 196 g/mol. The summed E-state index contributed by atoms with van der Waals surface area (Å²) in [4.78, 5) is 15.0. The number of hydrogen-bond donors (Lipinski definition) is 1. The molecule has 0 saturated carbocycles. The first kappa shape index (κ1) is 9.51. The summed E-state index contributed by atoms with van der Waals surface area (Å²) in [6.07, 6.45) is 3.07. The first-order chi connectivity index (χ1) is 7.15. The summed E-state index contributed by atoms with van der Waals surface area (Å²) in [7, 11) is 3.31. The monoisotopic (exact) mass is 206 g/mol. The number of ether oxygens (including phenoxy) is 1. The highest BCUT2D eigenvalue weighted by molar-refractivity contribution is 6.03. The highest BCUT2D eigenvalue weighted by Gasteiger charge is 2.16. The maximum absolute atomic E-state index is 10.9. The van der Waals surface area contributed by atoms with Crippen LogP contribution in [-0.2, 0) is 7.05 Å². The van der Waals surface area contributed by atoms with Crippen molar-refractivity contribution in [1.82, 2.24) is 9.55 Å². The number of nitrogens with zero attached hydrogens (tertiary/aromatic N) is 2. The van der Waals surface area contributed by atoms with Crippen LogP contribution in [0.4, 0.5) is 0 Å². The van der Waals surface area contributed by atoms with Crippen molar-refractivity contribution < 1.29 is 14.6 Å². The summed E-state index contributed by atoms with van der Waals surface area (Å²) in [6.45, 7) is 0. The number of methoxy groups -OCH3 is 1. The smallest absolute Gasteiger partial charge is 0.339 e. The third-order valence-corrected chi connectivity index (χ3v) is 2.27. The Hall–Kier alpha value is -2.04. The van der Waals surface area contributed by atoms with Crippen molar-refractivity contribution in [1.29, 1.82) is 0 Å². The Labute approximate surface area is 85.9 Å². The predicted octanol–water partition coefficient (Wildman–Crippen LogP) is 1.28. The van der Waals surface area contributed by atoms with Gasteiger partial charge >= 0.3 is 5.97 Å². The Morgan fingerprint density at radius 2 is 2.33 bits per heavy atom. The fourth-order valence-corrected chi connectivity index (χ4v) is 1.61. The summed E-state index contributed by atoms with van der Waals surface area (Å²) in [5.74, 6) is -0.364. The van der Waals surface area contributed by atoms with Crippen molar-refractivity contribution >= 4 is 17.0 Å². The zero-order chi connectivity index (χ0) is 11.0. The Morgan fingerprint density at radius 1 is 1.60 bits per heavy atom. The molecule has 2 rings (SSSR count). The second kappa shape index (κ2) is 3.27. The van der Waals surface area contributed by atoms with Crippen molar-refractivity contribution in [3.63, 3.8) is 0 Å². The molecule has 5 nitrogen and oxygen atoms in total. The second-order valence-corrected chi connectivity index (χ2v) is 3.17. The first-order valence-corrected chi connectivity index (χ1v) is 4.36. The third kappa shape index (κ3) is 1.32. The third-order valence-electron chi connectivity index (χ3n) is 2.27. The standard InChI is InChI=1S/C10H10N2O3/c1-12-5-6(10(13)14)8-9(12)7(15-2)3-4-11-8/h3-5H,1-2H3,(H,13,14). The Kier molecular flexibility index (Phi) is 2.07. The highest BCUT2D eigenvalue weighted by atomic mass is 16.5. The summed E-state index contributed by atoms with van der Waals surface area (Å²) in [5, 5.41) is 8.97. The van der Waals surface area contributed by atoms with Gasteiger partial charge in [-0.05, 0) is 0 Å². The van der Waals surface area contributed by atoms with Gasteiger partial charge in [-0.15, -0.1) is 0 Å². The van der Waals surface area contributed by atoms with Gasteiger partial charge in [-0.1, -0.05) is 0 Å². The number of rotatable bonds is 2. The van der Waals surface area contributed by atoms with Crippen LogP contribution in [0.3, 0.4) is 0 Å². The van der Waals surface area contributed by atoms with E-state index in [1.54, 1.807) is 24.8 Å². The lowest BCUT2D eigenvalue weighted by molar-refractivity contribution is 0.0698. The van der Waals surface area contributed by atoms with Crippen LogP contribution in [0.5, 0.6) is 5.75 Å². The van der Waals surface area contributed by atoms with E-state index in [1.165, 1.54) is 12.4 Å². The molecule has 2 aromatic rings. The van der Waals surface area contributed by atoms with E-state index in [0.717, 1.165) is 0 Å². The Morgan fingerprint density at radius 3 is 2.93 bits per heavy atom. The van der Waals surface area contributed by atoms with Crippen molar-refractivity contribution in [2.24, 2.45) is 7.05 Å². The Bertz CT molecular complexity index is 531. The summed E-state index contributed by atoms with van der Waals surface area (Å²) < 4.78 is 6.85. The predicted molar refractivity (Wildman–Crippen MR) is 54.2 cm³/mol. The second-order valence-electron chi connectivity index (χ2n) is 3.17. The SMILES string of the molecule is COc1ccnc2c(C(=O)O)cn(C)c12. The topological polar surface area (TPSA) is 64.3 Å². The van der Waals surface area contributed by atoms with Gasteiger partial charge in [0.15, 0.2) is 0 Å². The number of pyridine rings is 1. The highest BCUT2D eigenvalue weighted by Crippen LogP contribution is 2.26. The molecule has 0 aromatic carbocycles. The molecule has 0 atom stereocenters. The number of fused-ring (bicyclic) bond motifs is 1. The lowest BCUT2D eigenvalue weighted by Gasteiger charge is -2.02. The molecule has 0 aliphatic carbocycles. The van der Waals surface area contributed by atoms with Crippen LogP contribution in [0.15, 0.2) is 18.5 Å². The average molecular weight is 206 g/mol. The molecule has 0 unspecified atom stereocenters. The van der Waals surface area contributed by atoms with Gasteiger partial charge in [-0.25, -0.2) is 4.79 Å². The molecule has 15 heavy (non-hydrogen) atoms. The van der Waals surface area contributed by atoms with Crippen LogP contribution in [0.1, 0.15) is 10.4 Å². The minimum absolute atomic E-state index is 0.186. The van der Waals surface area contributed by atoms with Gasteiger partial charge in [-0.2, -0.15) is 0 Å². The number of aryl methyl sites for hydroxylation is 1. The number of carbonyl (C=O) groups is 1. The van der Waals surface area contributed by atoms with Gasteiger partial charge in [0.1, 0.15) is 22.3 Å². The average Bonchev–Trinajstić information content (AvgIpc) is 2.56. The number of aromatic nitrogens is 2. The molecule has 2 heterocycles. The molecule has 0 aliphatic rings. The molecule has 2 aromatic heterocycles. The van der Waals surface area contributed by atoms with Crippen molar-refractivity contribution in [3.8, 4) is 5.75 Å². The molecule has 5 heteroatoms. The van der Waals surface area contributed by atoms with Crippen molar-refractivity contribution in [2.45, 2.75) is 0 Å². The van der Waals surface area contributed by atoms with Gasteiger partial charge in [-0.3, -0.25) is 4.98 Å².